The second-order valence-corrected chi connectivity index (χ2v) is 10.5. The summed E-state index contributed by atoms with van der Waals surface area (Å²) in [4.78, 5) is 37.1. The van der Waals surface area contributed by atoms with Crippen LogP contribution in [0.25, 0.3) is 11.0 Å². The van der Waals surface area contributed by atoms with Gasteiger partial charge in [0.2, 0.25) is 5.91 Å². The van der Waals surface area contributed by atoms with E-state index in [1.807, 2.05) is 23.1 Å². The first kappa shape index (κ1) is 24.8. The third-order valence-electron chi connectivity index (χ3n) is 7.47. The number of para-hydroxylation sites is 2. The number of hydrogen-bond acceptors (Lipinski definition) is 4. The molecular weight excluding hydrogens is 474 g/mol. The number of fused-ring (bicyclic) bond motifs is 1. The molecule has 0 aliphatic carbocycles. The number of rotatable bonds is 5. The third kappa shape index (κ3) is 5.00. The van der Waals surface area contributed by atoms with Crippen molar-refractivity contribution in [2.24, 2.45) is 5.92 Å². The van der Waals surface area contributed by atoms with Gasteiger partial charge in [0.15, 0.2) is 0 Å². The highest BCUT2D eigenvalue weighted by Gasteiger charge is 2.32. The van der Waals surface area contributed by atoms with Crippen LogP contribution in [0.4, 0.5) is 0 Å². The molecule has 2 amide bonds. The summed E-state index contributed by atoms with van der Waals surface area (Å²) in [5.74, 6) is 1.31. The van der Waals surface area contributed by atoms with Crippen LogP contribution in [-0.4, -0.2) is 75.3 Å². The van der Waals surface area contributed by atoms with Gasteiger partial charge in [-0.05, 0) is 64.0 Å². The van der Waals surface area contributed by atoms with Crippen molar-refractivity contribution in [3.63, 3.8) is 0 Å². The van der Waals surface area contributed by atoms with Gasteiger partial charge in [-0.1, -0.05) is 35.9 Å². The number of imidazole rings is 1. The van der Waals surface area contributed by atoms with Crippen LogP contribution in [0, 0.1) is 5.92 Å². The van der Waals surface area contributed by atoms with Gasteiger partial charge in [-0.25, -0.2) is 4.98 Å². The maximum absolute atomic E-state index is 13.2. The van der Waals surface area contributed by atoms with E-state index < -0.39 is 0 Å². The van der Waals surface area contributed by atoms with Crippen molar-refractivity contribution in [1.29, 1.82) is 0 Å². The van der Waals surface area contributed by atoms with E-state index in [1.54, 1.807) is 17.0 Å². The van der Waals surface area contributed by atoms with Crippen LogP contribution in [0.1, 0.15) is 48.9 Å². The van der Waals surface area contributed by atoms with Crippen LogP contribution >= 0.6 is 11.6 Å². The molecule has 5 rings (SSSR count). The number of carbonyl (C=O) groups excluding carboxylic acids is 2. The molecule has 0 bridgehead atoms. The van der Waals surface area contributed by atoms with Crippen LogP contribution in [0.2, 0.25) is 5.02 Å². The lowest BCUT2D eigenvalue weighted by atomic mass is 9.95. The average molecular weight is 508 g/mol. The van der Waals surface area contributed by atoms with E-state index in [4.69, 9.17) is 16.6 Å². The van der Waals surface area contributed by atoms with E-state index in [1.165, 1.54) is 5.52 Å². The first-order valence-electron chi connectivity index (χ1n) is 12.9. The standard InChI is InChI=1S/C28H34ClN5O2/c1-20(2)34-25-10-6-5-9-24(25)30-26(34)19-31-13-11-21(12-14-31)27(35)32-15-17-33(18-16-32)28(36)22-7-3-4-8-23(22)29/h3-10,20-21H,11-19H2,1-2H3. The van der Waals surface area contributed by atoms with E-state index in [0.717, 1.165) is 43.8 Å². The van der Waals surface area contributed by atoms with Crippen molar-refractivity contribution in [3.05, 3.63) is 64.9 Å². The molecule has 36 heavy (non-hydrogen) atoms. The summed E-state index contributed by atoms with van der Waals surface area (Å²) in [5, 5.41) is 0.469. The first-order valence-corrected chi connectivity index (χ1v) is 13.3. The van der Waals surface area contributed by atoms with Crippen molar-refractivity contribution in [2.45, 2.75) is 39.3 Å². The van der Waals surface area contributed by atoms with Gasteiger partial charge < -0.3 is 14.4 Å². The minimum atomic E-state index is -0.0616. The molecule has 2 aliphatic rings. The number of likely N-dealkylation sites (tertiary alicyclic amines) is 1. The Balaban J connectivity index is 1.14. The molecule has 2 saturated heterocycles. The van der Waals surface area contributed by atoms with Gasteiger partial charge in [0, 0.05) is 38.1 Å². The van der Waals surface area contributed by atoms with Crippen LogP contribution in [0.3, 0.4) is 0 Å². The average Bonchev–Trinajstić information content (AvgIpc) is 3.27. The molecule has 3 heterocycles. The minimum absolute atomic E-state index is 0.0518. The lowest BCUT2D eigenvalue weighted by Gasteiger charge is -2.38. The van der Waals surface area contributed by atoms with Gasteiger partial charge in [-0.3, -0.25) is 14.5 Å². The van der Waals surface area contributed by atoms with E-state index in [0.29, 0.717) is 42.8 Å². The summed E-state index contributed by atoms with van der Waals surface area (Å²) in [6, 6.07) is 15.8. The van der Waals surface area contributed by atoms with Gasteiger partial charge in [0.05, 0.1) is 28.2 Å². The summed E-state index contributed by atoms with van der Waals surface area (Å²) in [5.41, 5.74) is 2.75. The van der Waals surface area contributed by atoms with Gasteiger partial charge in [0.1, 0.15) is 5.82 Å². The second kappa shape index (κ2) is 10.6. The predicted octanol–water partition coefficient (Wildman–Crippen LogP) is 4.47. The van der Waals surface area contributed by atoms with Crippen LogP contribution < -0.4 is 0 Å². The zero-order valence-corrected chi connectivity index (χ0v) is 21.8. The molecule has 190 valence electrons. The number of halogens is 1. The Hall–Kier alpha value is -2.90. The fourth-order valence-electron chi connectivity index (χ4n) is 5.51. The Morgan fingerprint density at radius 1 is 0.917 bits per heavy atom. The van der Waals surface area contributed by atoms with E-state index in [9.17, 15) is 9.59 Å². The van der Waals surface area contributed by atoms with Crippen LogP contribution in [-0.2, 0) is 11.3 Å². The SMILES string of the molecule is CC(C)n1c(CN2CCC(C(=O)N3CCN(C(=O)c4ccccc4Cl)CC3)CC2)nc2ccccc21. The maximum atomic E-state index is 13.2. The second-order valence-electron chi connectivity index (χ2n) is 10.1. The Kier molecular flexibility index (Phi) is 7.30. The number of nitrogens with zero attached hydrogens (tertiary/aromatic N) is 5. The molecule has 0 N–H and O–H groups in total. The summed E-state index contributed by atoms with van der Waals surface area (Å²) in [6.07, 6.45) is 1.72. The summed E-state index contributed by atoms with van der Waals surface area (Å²) in [7, 11) is 0. The maximum Gasteiger partial charge on any atom is 0.255 e. The molecule has 3 aromatic rings. The normalized spacial score (nSPS) is 17.8. The fourth-order valence-corrected chi connectivity index (χ4v) is 5.73. The summed E-state index contributed by atoms with van der Waals surface area (Å²) < 4.78 is 2.33. The largest absolute Gasteiger partial charge is 0.339 e. The summed E-state index contributed by atoms with van der Waals surface area (Å²) in [6.45, 7) is 9.22. The van der Waals surface area contributed by atoms with Crippen LogP contribution in [0.5, 0.6) is 0 Å². The number of piperidine rings is 1. The highest BCUT2D eigenvalue weighted by Crippen LogP contribution is 2.26. The van der Waals surface area contributed by atoms with E-state index >= 15 is 0 Å². The van der Waals surface area contributed by atoms with Crippen molar-refractivity contribution in [3.8, 4) is 0 Å². The van der Waals surface area contributed by atoms with Crippen molar-refractivity contribution < 1.29 is 9.59 Å². The van der Waals surface area contributed by atoms with E-state index in [-0.39, 0.29) is 17.7 Å². The molecule has 0 atom stereocenters. The topological polar surface area (TPSA) is 61.7 Å². The Morgan fingerprint density at radius 2 is 1.56 bits per heavy atom. The first-order chi connectivity index (χ1) is 17.4. The number of hydrogen-bond donors (Lipinski definition) is 0. The lowest BCUT2D eigenvalue weighted by molar-refractivity contribution is -0.138. The number of carbonyl (C=O) groups is 2. The molecule has 0 saturated carbocycles. The van der Waals surface area contributed by atoms with E-state index in [2.05, 4.69) is 41.5 Å². The quantitative estimate of drug-likeness (QED) is 0.511. The van der Waals surface area contributed by atoms with Crippen molar-refractivity contribution in [2.75, 3.05) is 39.3 Å². The zero-order valence-electron chi connectivity index (χ0n) is 21.1. The highest BCUT2D eigenvalue weighted by molar-refractivity contribution is 6.33. The predicted molar refractivity (Wildman–Crippen MR) is 142 cm³/mol. The van der Waals surface area contributed by atoms with Gasteiger partial charge in [-0.2, -0.15) is 0 Å². The molecule has 1 aromatic heterocycles. The fraction of sp³-hybridized carbons (Fsp3) is 0.464. The smallest absolute Gasteiger partial charge is 0.255 e. The minimum Gasteiger partial charge on any atom is -0.339 e. The van der Waals surface area contributed by atoms with Crippen molar-refractivity contribution in [1.82, 2.24) is 24.3 Å². The molecule has 0 radical (unpaired) electrons. The third-order valence-corrected chi connectivity index (χ3v) is 7.80. The van der Waals surface area contributed by atoms with Gasteiger partial charge >= 0.3 is 0 Å². The molecule has 2 fully saturated rings. The molecule has 7 nitrogen and oxygen atoms in total. The Morgan fingerprint density at radius 3 is 2.25 bits per heavy atom. The number of amides is 2. The van der Waals surface area contributed by atoms with Gasteiger partial charge in [-0.15, -0.1) is 0 Å². The molecular formula is C28H34ClN5O2. The number of aromatic nitrogens is 2. The lowest BCUT2D eigenvalue weighted by Crippen LogP contribution is -2.53. The molecule has 2 aromatic carbocycles. The summed E-state index contributed by atoms with van der Waals surface area (Å²) >= 11 is 6.21. The van der Waals surface area contributed by atoms with Crippen LogP contribution in [0.15, 0.2) is 48.5 Å². The number of benzene rings is 2. The Labute approximate surface area is 217 Å². The molecule has 2 aliphatic heterocycles. The van der Waals surface area contributed by atoms with Crippen molar-refractivity contribution >= 4 is 34.4 Å². The number of piperazine rings is 1. The molecule has 0 spiro atoms. The molecule has 0 unspecified atom stereocenters. The zero-order chi connectivity index (χ0) is 25.2. The van der Waals surface area contributed by atoms with Gasteiger partial charge in [0.25, 0.3) is 5.91 Å². The Bertz CT molecular complexity index is 1240. The highest BCUT2D eigenvalue weighted by atomic mass is 35.5. The molecule has 8 heteroatoms. The monoisotopic (exact) mass is 507 g/mol.